The minimum absolute atomic E-state index is 0.0982. The molecular formula is C14H29N3O. The molecule has 0 radical (unpaired) electrons. The third-order valence-corrected chi connectivity index (χ3v) is 3.71. The van der Waals surface area contributed by atoms with Crippen LogP contribution in [-0.4, -0.2) is 49.1 Å². The van der Waals surface area contributed by atoms with Crippen molar-refractivity contribution in [2.45, 2.75) is 58.7 Å². The molecular weight excluding hydrogens is 226 g/mol. The molecule has 18 heavy (non-hydrogen) atoms. The quantitative estimate of drug-likeness (QED) is 0.776. The van der Waals surface area contributed by atoms with Crippen molar-refractivity contribution in [2.24, 2.45) is 5.92 Å². The van der Waals surface area contributed by atoms with Gasteiger partial charge in [0.15, 0.2) is 0 Å². The lowest BCUT2D eigenvalue weighted by Gasteiger charge is -2.35. The van der Waals surface area contributed by atoms with Crippen LogP contribution >= 0.6 is 0 Å². The average molecular weight is 255 g/mol. The Kier molecular flexibility index (Phi) is 6.09. The predicted molar refractivity (Wildman–Crippen MR) is 75.6 cm³/mol. The molecule has 1 fully saturated rings. The summed E-state index contributed by atoms with van der Waals surface area (Å²) in [6, 6.07) is 0.480. The summed E-state index contributed by atoms with van der Waals surface area (Å²) < 4.78 is 0. The fourth-order valence-corrected chi connectivity index (χ4v) is 2.63. The van der Waals surface area contributed by atoms with E-state index in [1.165, 1.54) is 19.4 Å². The van der Waals surface area contributed by atoms with Crippen molar-refractivity contribution in [1.82, 2.24) is 15.5 Å². The Labute approximate surface area is 111 Å². The number of likely N-dealkylation sites (tertiary alicyclic amines) is 1. The first-order valence-corrected chi connectivity index (χ1v) is 7.15. The van der Waals surface area contributed by atoms with Gasteiger partial charge in [0.05, 0.1) is 6.04 Å². The molecule has 1 amide bonds. The van der Waals surface area contributed by atoms with Crippen LogP contribution in [0.25, 0.3) is 0 Å². The van der Waals surface area contributed by atoms with Gasteiger partial charge in [-0.1, -0.05) is 0 Å². The SMILES string of the molecule is CC(C)NC(=O)C(C)NC(C)C1CCCN(C)C1. The van der Waals surface area contributed by atoms with Crippen LogP contribution in [0.5, 0.6) is 0 Å². The Morgan fingerprint density at radius 1 is 1.28 bits per heavy atom. The second kappa shape index (κ2) is 7.10. The van der Waals surface area contributed by atoms with E-state index in [1.54, 1.807) is 0 Å². The van der Waals surface area contributed by atoms with Crippen molar-refractivity contribution in [1.29, 1.82) is 0 Å². The highest BCUT2D eigenvalue weighted by Crippen LogP contribution is 2.18. The number of nitrogens with one attached hydrogen (secondary N) is 2. The van der Waals surface area contributed by atoms with E-state index in [9.17, 15) is 4.79 Å². The van der Waals surface area contributed by atoms with Gasteiger partial charge in [-0.15, -0.1) is 0 Å². The van der Waals surface area contributed by atoms with Gasteiger partial charge in [-0.3, -0.25) is 4.79 Å². The van der Waals surface area contributed by atoms with E-state index in [0.29, 0.717) is 12.0 Å². The highest BCUT2D eigenvalue weighted by atomic mass is 16.2. The monoisotopic (exact) mass is 255 g/mol. The molecule has 0 aromatic heterocycles. The molecule has 1 heterocycles. The summed E-state index contributed by atoms with van der Waals surface area (Å²) in [5, 5.41) is 6.38. The van der Waals surface area contributed by atoms with Crippen LogP contribution in [0, 0.1) is 5.92 Å². The van der Waals surface area contributed by atoms with Crippen LogP contribution in [-0.2, 0) is 4.79 Å². The number of amides is 1. The minimum Gasteiger partial charge on any atom is -0.353 e. The summed E-state index contributed by atoms with van der Waals surface area (Å²) >= 11 is 0. The Balaban J connectivity index is 2.38. The standard InChI is InChI=1S/C14H29N3O/c1-10(2)15-14(18)12(4)16-11(3)13-7-6-8-17(5)9-13/h10-13,16H,6-9H2,1-5H3,(H,15,18). The third-order valence-electron chi connectivity index (χ3n) is 3.71. The summed E-state index contributed by atoms with van der Waals surface area (Å²) in [5.74, 6) is 0.749. The lowest BCUT2D eigenvalue weighted by atomic mass is 9.91. The molecule has 2 N–H and O–H groups in total. The molecule has 1 aliphatic heterocycles. The number of rotatable bonds is 5. The molecule has 4 heteroatoms. The first-order chi connectivity index (χ1) is 8.40. The maximum Gasteiger partial charge on any atom is 0.237 e. The van der Waals surface area contributed by atoms with Crippen LogP contribution in [0.2, 0.25) is 0 Å². The zero-order valence-electron chi connectivity index (χ0n) is 12.5. The van der Waals surface area contributed by atoms with Crippen LogP contribution in [0.3, 0.4) is 0 Å². The summed E-state index contributed by atoms with van der Waals surface area (Å²) in [5.41, 5.74) is 0. The third kappa shape index (κ3) is 4.94. The number of carbonyl (C=O) groups is 1. The average Bonchev–Trinajstić information content (AvgIpc) is 2.27. The maximum absolute atomic E-state index is 11.9. The van der Waals surface area contributed by atoms with Gasteiger partial charge < -0.3 is 15.5 Å². The van der Waals surface area contributed by atoms with Gasteiger partial charge in [0.25, 0.3) is 0 Å². The topological polar surface area (TPSA) is 44.4 Å². The second-order valence-corrected chi connectivity index (χ2v) is 6.00. The summed E-state index contributed by atoms with van der Waals surface area (Å²) in [4.78, 5) is 14.2. The lowest BCUT2D eigenvalue weighted by Crippen LogP contribution is -2.51. The Morgan fingerprint density at radius 3 is 2.50 bits per heavy atom. The fraction of sp³-hybridized carbons (Fsp3) is 0.929. The van der Waals surface area contributed by atoms with Gasteiger partial charge in [-0.2, -0.15) is 0 Å². The maximum atomic E-state index is 11.9. The fourth-order valence-electron chi connectivity index (χ4n) is 2.63. The van der Waals surface area contributed by atoms with Gasteiger partial charge in [0, 0.05) is 18.6 Å². The van der Waals surface area contributed by atoms with E-state index < -0.39 is 0 Å². The first-order valence-electron chi connectivity index (χ1n) is 7.15. The lowest BCUT2D eigenvalue weighted by molar-refractivity contribution is -0.123. The molecule has 4 nitrogen and oxygen atoms in total. The molecule has 0 spiro atoms. The van der Waals surface area contributed by atoms with Crippen molar-refractivity contribution >= 4 is 5.91 Å². The second-order valence-electron chi connectivity index (χ2n) is 6.00. The normalized spacial score (nSPS) is 24.9. The molecule has 0 aliphatic carbocycles. The summed E-state index contributed by atoms with van der Waals surface area (Å²) in [6.45, 7) is 10.5. The predicted octanol–water partition coefficient (Wildman–Crippen LogP) is 1.22. The van der Waals surface area contributed by atoms with E-state index >= 15 is 0 Å². The van der Waals surface area contributed by atoms with Crippen molar-refractivity contribution in [3.8, 4) is 0 Å². The molecule has 106 valence electrons. The van der Waals surface area contributed by atoms with Crippen molar-refractivity contribution in [3.63, 3.8) is 0 Å². The number of hydrogen-bond donors (Lipinski definition) is 2. The highest BCUT2D eigenvalue weighted by Gasteiger charge is 2.25. The van der Waals surface area contributed by atoms with Crippen molar-refractivity contribution < 1.29 is 4.79 Å². The summed E-state index contributed by atoms with van der Waals surface area (Å²) in [7, 11) is 2.17. The van der Waals surface area contributed by atoms with E-state index in [2.05, 4.69) is 29.5 Å². The zero-order valence-corrected chi connectivity index (χ0v) is 12.5. The molecule has 0 saturated carbocycles. The van der Waals surface area contributed by atoms with Gasteiger partial charge in [0.2, 0.25) is 5.91 Å². The zero-order chi connectivity index (χ0) is 13.7. The number of piperidine rings is 1. The van der Waals surface area contributed by atoms with Crippen LogP contribution in [0.1, 0.15) is 40.5 Å². The van der Waals surface area contributed by atoms with Crippen LogP contribution in [0.15, 0.2) is 0 Å². The molecule has 0 bridgehead atoms. The molecule has 3 atom stereocenters. The highest BCUT2D eigenvalue weighted by molar-refractivity contribution is 5.81. The van der Waals surface area contributed by atoms with Crippen molar-refractivity contribution in [2.75, 3.05) is 20.1 Å². The smallest absolute Gasteiger partial charge is 0.237 e. The molecule has 1 aliphatic rings. The Bertz CT molecular complexity index is 268. The van der Waals surface area contributed by atoms with Gasteiger partial charge in [-0.25, -0.2) is 0 Å². The van der Waals surface area contributed by atoms with Gasteiger partial charge >= 0.3 is 0 Å². The molecule has 1 saturated heterocycles. The minimum atomic E-state index is -0.116. The molecule has 0 aromatic carbocycles. The van der Waals surface area contributed by atoms with E-state index in [1.807, 2.05) is 20.8 Å². The summed E-state index contributed by atoms with van der Waals surface area (Å²) in [6.07, 6.45) is 2.52. The van der Waals surface area contributed by atoms with Crippen molar-refractivity contribution in [3.05, 3.63) is 0 Å². The van der Waals surface area contributed by atoms with Gasteiger partial charge in [0.1, 0.15) is 0 Å². The van der Waals surface area contributed by atoms with E-state index in [0.717, 1.165) is 6.54 Å². The van der Waals surface area contributed by atoms with E-state index in [-0.39, 0.29) is 18.0 Å². The van der Waals surface area contributed by atoms with Crippen LogP contribution < -0.4 is 10.6 Å². The number of hydrogen-bond acceptors (Lipinski definition) is 3. The molecule has 0 aromatic rings. The molecule has 1 rings (SSSR count). The Morgan fingerprint density at radius 2 is 1.94 bits per heavy atom. The largest absolute Gasteiger partial charge is 0.353 e. The first kappa shape index (κ1) is 15.4. The Hall–Kier alpha value is -0.610. The van der Waals surface area contributed by atoms with Gasteiger partial charge in [-0.05, 0) is 60.0 Å². The number of carbonyl (C=O) groups excluding carboxylic acids is 1. The van der Waals surface area contributed by atoms with Crippen LogP contribution in [0.4, 0.5) is 0 Å². The van der Waals surface area contributed by atoms with E-state index in [4.69, 9.17) is 0 Å². The number of nitrogens with zero attached hydrogens (tertiary/aromatic N) is 1. The molecule has 3 unspecified atom stereocenters.